The molecule has 0 aliphatic heterocycles. The molecular weight excluding hydrogens is 336 g/mol. The van der Waals surface area contributed by atoms with Crippen LogP contribution in [0.5, 0.6) is 0 Å². The highest BCUT2D eigenvalue weighted by Gasteiger charge is 2.42. The Morgan fingerprint density at radius 1 is 0.885 bits per heavy atom. The van der Waals surface area contributed by atoms with Crippen LogP contribution in [0.2, 0.25) is 0 Å². The maximum absolute atomic E-state index is 12.3. The summed E-state index contributed by atoms with van der Waals surface area (Å²) in [7, 11) is 0. The molecule has 26 heavy (non-hydrogen) atoms. The summed E-state index contributed by atoms with van der Waals surface area (Å²) >= 11 is 0. The summed E-state index contributed by atoms with van der Waals surface area (Å²) in [4.78, 5) is 24.6. The first-order chi connectivity index (χ1) is 11.9. The summed E-state index contributed by atoms with van der Waals surface area (Å²) in [6.07, 6.45) is 1.09. The normalized spacial score (nSPS) is 15.9. The van der Waals surface area contributed by atoms with Crippen LogP contribution in [0.1, 0.15) is 75.2 Å². The van der Waals surface area contributed by atoms with Crippen molar-refractivity contribution in [3.8, 4) is 0 Å². The van der Waals surface area contributed by atoms with Crippen LogP contribution in [0.25, 0.3) is 0 Å². The van der Waals surface area contributed by atoms with E-state index in [9.17, 15) is 9.59 Å². The fourth-order valence-electron chi connectivity index (χ4n) is 1.81. The van der Waals surface area contributed by atoms with Crippen LogP contribution in [0.15, 0.2) is 0 Å². The summed E-state index contributed by atoms with van der Waals surface area (Å²) in [6, 6.07) is 0. The third kappa shape index (κ3) is 8.49. The van der Waals surface area contributed by atoms with Crippen molar-refractivity contribution in [3.05, 3.63) is 0 Å². The number of carbonyl (C=O) groups excluding carboxylic acids is 2. The van der Waals surface area contributed by atoms with Gasteiger partial charge in [0, 0.05) is 0 Å². The zero-order valence-electron chi connectivity index (χ0n) is 18.0. The Hall–Kier alpha value is -1.14. The number of ether oxygens (including phenoxy) is 4. The average molecular weight is 375 g/mol. The van der Waals surface area contributed by atoms with Crippen LogP contribution >= 0.6 is 0 Å². The maximum Gasteiger partial charge on any atom is 0.325 e. The molecule has 0 saturated carbocycles. The van der Waals surface area contributed by atoms with Gasteiger partial charge in [-0.15, -0.1) is 0 Å². The number of hydrogen-bond donors (Lipinski definition) is 0. The first-order valence-electron chi connectivity index (χ1n) is 9.55. The smallest absolute Gasteiger partial charge is 0.325 e. The molecule has 0 saturated heterocycles. The van der Waals surface area contributed by atoms with Gasteiger partial charge in [0.1, 0.15) is 5.60 Å². The van der Waals surface area contributed by atoms with E-state index in [0.717, 1.165) is 6.42 Å². The van der Waals surface area contributed by atoms with Gasteiger partial charge >= 0.3 is 11.9 Å². The molecule has 0 radical (unpaired) electrons. The zero-order valence-corrected chi connectivity index (χ0v) is 18.0. The molecule has 0 bridgehead atoms. The van der Waals surface area contributed by atoms with Crippen molar-refractivity contribution >= 4 is 11.9 Å². The molecule has 0 amide bonds. The zero-order chi connectivity index (χ0) is 20.5. The Morgan fingerprint density at radius 2 is 1.42 bits per heavy atom. The third-order valence-corrected chi connectivity index (χ3v) is 4.78. The number of carbonyl (C=O) groups is 2. The summed E-state index contributed by atoms with van der Waals surface area (Å²) in [6.45, 7) is 17.1. The second kappa shape index (κ2) is 10.9. The minimum atomic E-state index is -1.40. The molecule has 0 aromatic rings. The number of rotatable bonds is 12. The molecule has 0 aliphatic carbocycles. The predicted molar refractivity (Wildman–Crippen MR) is 101 cm³/mol. The summed E-state index contributed by atoms with van der Waals surface area (Å²) < 4.78 is 21.8. The molecule has 0 heterocycles. The molecule has 0 spiro atoms. The van der Waals surface area contributed by atoms with Gasteiger partial charge in [-0.2, -0.15) is 0 Å². The molecule has 6 heteroatoms. The van der Waals surface area contributed by atoms with E-state index in [2.05, 4.69) is 13.8 Å². The largest absolute Gasteiger partial charge is 0.459 e. The fourth-order valence-corrected chi connectivity index (χ4v) is 1.81. The maximum atomic E-state index is 12.3. The molecule has 0 aliphatic rings. The van der Waals surface area contributed by atoms with E-state index in [1.165, 1.54) is 13.8 Å². The number of esters is 2. The van der Waals surface area contributed by atoms with Gasteiger partial charge in [0.15, 0.2) is 11.7 Å². The highest BCUT2D eigenvalue weighted by Crippen LogP contribution is 2.25. The average Bonchev–Trinajstić information content (AvgIpc) is 2.57. The topological polar surface area (TPSA) is 71.1 Å². The Kier molecular flexibility index (Phi) is 10.4. The summed E-state index contributed by atoms with van der Waals surface area (Å²) in [5, 5.41) is 0. The predicted octanol–water partition coefficient (Wildman–Crippen LogP) is 4.10. The molecule has 0 N–H and O–H groups in total. The standard InChI is InChI=1S/C20H38O6/c1-10-14(3)15(4)23-12-13-24-16(5)25-17(21)20(8,9)18(22)26-19(6,7)11-2/h14-16H,10-13H2,1-9H3. The minimum Gasteiger partial charge on any atom is -0.459 e. The van der Waals surface area contributed by atoms with E-state index in [0.29, 0.717) is 25.6 Å². The molecule has 6 nitrogen and oxygen atoms in total. The lowest BCUT2D eigenvalue weighted by atomic mass is 9.93. The molecular formula is C20H38O6. The van der Waals surface area contributed by atoms with E-state index in [1.807, 2.05) is 13.8 Å². The van der Waals surface area contributed by atoms with Crippen LogP contribution in [0.4, 0.5) is 0 Å². The van der Waals surface area contributed by atoms with Gasteiger partial charge in [-0.3, -0.25) is 9.59 Å². The first-order valence-corrected chi connectivity index (χ1v) is 9.55. The van der Waals surface area contributed by atoms with E-state index in [4.69, 9.17) is 18.9 Å². The molecule has 0 aromatic carbocycles. The fraction of sp³-hybridized carbons (Fsp3) is 0.900. The molecule has 0 rings (SSSR count). The molecule has 0 fully saturated rings. The molecule has 0 aromatic heterocycles. The van der Waals surface area contributed by atoms with Gasteiger partial charge in [-0.25, -0.2) is 0 Å². The van der Waals surface area contributed by atoms with Crippen LogP contribution in [-0.4, -0.2) is 43.1 Å². The monoisotopic (exact) mass is 374 g/mol. The summed E-state index contributed by atoms with van der Waals surface area (Å²) in [5.41, 5.74) is -2.02. The second-order valence-electron chi connectivity index (χ2n) is 7.93. The van der Waals surface area contributed by atoms with Crippen molar-refractivity contribution in [1.82, 2.24) is 0 Å². The summed E-state index contributed by atoms with van der Waals surface area (Å²) in [5.74, 6) is -0.799. The van der Waals surface area contributed by atoms with Gasteiger partial charge in [0.05, 0.1) is 19.3 Å². The van der Waals surface area contributed by atoms with Crippen molar-refractivity contribution in [2.24, 2.45) is 11.3 Å². The van der Waals surface area contributed by atoms with Crippen LogP contribution in [-0.2, 0) is 28.5 Å². The van der Waals surface area contributed by atoms with E-state index < -0.39 is 29.2 Å². The van der Waals surface area contributed by atoms with Gasteiger partial charge in [0.25, 0.3) is 0 Å². The third-order valence-electron chi connectivity index (χ3n) is 4.78. The van der Waals surface area contributed by atoms with Crippen molar-refractivity contribution < 1.29 is 28.5 Å². The lowest BCUT2D eigenvalue weighted by Gasteiger charge is -2.29. The van der Waals surface area contributed by atoms with Crippen LogP contribution < -0.4 is 0 Å². The van der Waals surface area contributed by atoms with Crippen LogP contribution in [0.3, 0.4) is 0 Å². The van der Waals surface area contributed by atoms with Crippen molar-refractivity contribution in [2.75, 3.05) is 13.2 Å². The van der Waals surface area contributed by atoms with E-state index in [1.54, 1.807) is 20.8 Å². The van der Waals surface area contributed by atoms with Gasteiger partial charge < -0.3 is 18.9 Å². The SMILES string of the molecule is CCC(C)C(C)OCCOC(C)OC(=O)C(C)(C)C(=O)OC(C)(C)CC. The van der Waals surface area contributed by atoms with Crippen molar-refractivity contribution in [1.29, 1.82) is 0 Å². The highest BCUT2D eigenvalue weighted by atomic mass is 16.7. The quantitative estimate of drug-likeness (QED) is 0.222. The van der Waals surface area contributed by atoms with Gasteiger partial charge in [-0.1, -0.05) is 27.2 Å². The first kappa shape index (κ1) is 24.9. The molecule has 3 unspecified atom stereocenters. The van der Waals surface area contributed by atoms with E-state index >= 15 is 0 Å². The lowest BCUT2D eigenvalue weighted by molar-refractivity contribution is -0.196. The lowest BCUT2D eigenvalue weighted by Crippen LogP contribution is -2.42. The van der Waals surface area contributed by atoms with Gasteiger partial charge in [-0.05, 0) is 53.9 Å². The van der Waals surface area contributed by atoms with Crippen LogP contribution in [0, 0.1) is 11.3 Å². The van der Waals surface area contributed by atoms with E-state index in [-0.39, 0.29) is 6.10 Å². The van der Waals surface area contributed by atoms with Crippen molar-refractivity contribution in [3.63, 3.8) is 0 Å². The Balaban J connectivity index is 4.37. The second-order valence-corrected chi connectivity index (χ2v) is 7.93. The Labute approximate surface area is 158 Å². The minimum absolute atomic E-state index is 0.150. The Morgan fingerprint density at radius 3 is 1.92 bits per heavy atom. The molecule has 3 atom stereocenters. The molecule has 154 valence electrons. The highest BCUT2D eigenvalue weighted by molar-refractivity contribution is 5.99. The number of hydrogen-bond acceptors (Lipinski definition) is 6. The van der Waals surface area contributed by atoms with Gasteiger partial charge in [0.2, 0.25) is 0 Å². The Bertz CT molecular complexity index is 444. The van der Waals surface area contributed by atoms with Crippen molar-refractivity contribution in [2.45, 2.75) is 93.2 Å².